The zero-order chi connectivity index (χ0) is 14.7. The molecule has 3 aromatic rings. The van der Waals surface area contributed by atoms with E-state index in [0.29, 0.717) is 5.69 Å². The molecule has 106 valence electrons. The van der Waals surface area contributed by atoms with E-state index in [-0.39, 0.29) is 12.5 Å². The van der Waals surface area contributed by atoms with Gasteiger partial charge in [0.25, 0.3) is 0 Å². The van der Waals surface area contributed by atoms with Crippen LogP contribution in [0.2, 0.25) is 0 Å². The number of nitrogens with zero attached hydrogens (tertiary/aromatic N) is 6. The van der Waals surface area contributed by atoms with Gasteiger partial charge in [-0.2, -0.15) is 5.10 Å². The minimum Gasteiger partial charge on any atom is -0.322 e. The number of amides is 1. The molecule has 1 N–H and O–H groups in total. The van der Waals surface area contributed by atoms with Crippen molar-refractivity contribution in [3.63, 3.8) is 0 Å². The lowest BCUT2D eigenvalue weighted by molar-refractivity contribution is -0.116. The van der Waals surface area contributed by atoms with Gasteiger partial charge >= 0.3 is 0 Å². The summed E-state index contributed by atoms with van der Waals surface area (Å²) in [6.07, 6.45) is 4.69. The van der Waals surface area contributed by atoms with Gasteiger partial charge in [0.1, 0.15) is 12.9 Å². The average Bonchev–Trinajstić information content (AvgIpc) is 3.11. The van der Waals surface area contributed by atoms with E-state index in [9.17, 15) is 4.79 Å². The number of halogens is 1. The highest BCUT2D eigenvalue weighted by Crippen LogP contribution is 2.20. The van der Waals surface area contributed by atoms with Crippen LogP contribution in [0.15, 0.2) is 47.5 Å². The van der Waals surface area contributed by atoms with Crippen LogP contribution in [0.3, 0.4) is 0 Å². The highest BCUT2D eigenvalue weighted by atomic mass is 79.9. The number of carbonyl (C=O) groups excluding carboxylic acids is 1. The fourth-order valence-electron chi connectivity index (χ4n) is 1.76. The van der Waals surface area contributed by atoms with Crippen LogP contribution in [0.1, 0.15) is 0 Å². The van der Waals surface area contributed by atoms with E-state index < -0.39 is 0 Å². The Morgan fingerprint density at radius 1 is 1.33 bits per heavy atom. The number of tetrazole rings is 1. The maximum atomic E-state index is 11.8. The molecule has 0 unspecified atom stereocenters. The second kappa shape index (κ2) is 5.83. The van der Waals surface area contributed by atoms with Gasteiger partial charge in [-0.15, -0.1) is 5.10 Å². The first kappa shape index (κ1) is 13.4. The minimum absolute atomic E-state index is 0.0488. The quantitative estimate of drug-likeness (QED) is 0.767. The van der Waals surface area contributed by atoms with Crippen molar-refractivity contribution in [3.05, 3.63) is 47.5 Å². The SMILES string of the molecule is O=C(Cn1cnnn1)Nc1cnn(-c2ccccc2Br)c1. The number of nitrogens with one attached hydrogen (secondary N) is 1. The Hall–Kier alpha value is -2.55. The van der Waals surface area contributed by atoms with Gasteiger partial charge in [0, 0.05) is 4.47 Å². The van der Waals surface area contributed by atoms with Crippen LogP contribution in [-0.4, -0.2) is 35.9 Å². The Labute approximate surface area is 127 Å². The van der Waals surface area contributed by atoms with Crippen molar-refractivity contribution < 1.29 is 4.79 Å². The smallest absolute Gasteiger partial charge is 0.246 e. The van der Waals surface area contributed by atoms with Gasteiger partial charge in [0.2, 0.25) is 5.91 Å². The number of hydrogen-bond acceptors (Lipinski definition) is 5. The molecule has 0 aliphatic carbocycles. The molecular weight excluding hydrogens is 338 g/mol. The van der Waals surface area contributed by atoms with E-state index in [2.05, 4.69) is 41.9 Å². The zero-order valence-electron chi connectivity index (χ0n) is 10.7. The summed E-state index contributed by atoms with van der Waals surface area (Å²) >= 11 is 3.46. The van der Waals surface area contributed by atoms with Gasteiger partial charge in [-0.25, -0.2) is 9.36 Å². The Morgan fingerprint density at radius 3 is 2.95 bits per heavy atom. The van der Waals surface area contributed by atoms with Crippen molar-refractivity contribution in [3.8, 4) is 5.69 Å². The molecule has 1 aromatic carbocycles. The third kappa shape index (κ3) is 3.14. The maximum absolute atomic E-state index is 11.8. The monoisotopic (exact) mass is 347 g/mol. The average molecular weight is 348 g/mol. The molecule has 8 nitrogen and oxygen atoms in total. The van der Waals surface area contributed by atoms with Crippen molar-refractivity contribution >= 4 is 27.5 Å². The molecule has 2 aromatic heterocycles. The van der Waals surface area contributed by atoms with Gasteiger partial charge in [-0.1, -0.05) is 12.1 Å². The van der Waals surface area contributed by atoms with E-state index in [4.69, 9.17) is 0 Å². The maximum Gasteiger partial charge on any atom is 0.246 e. The molecule has 0 saturated heterocycles. The second-order valence-electron chi connectivity index (χ2n) is 4.18. The summed E-state index contributed by atoms with van der Waals surface area (Å²) in [5.41, 5.74) is 1.49. The topological polar surface area (TPSA) is 90.5 Å². The van der Waals surface area contributed by atoms with E-state index in [1.165, 1.54) is 11.0 Å². The first-order valence-corrected chi connectivity index (χ1v) is 6.82. The van der Waals surface area contributed by atoms with Crippen LogP contribution in [0, 0.1) is 0 Å². The summed E-state index contributed by atoms with van der Waals surface area (Å²) in [6, 6.07) is 7.68. The Balaban J connectivity index is 1.71. The molecule has 0 spiro atoms. The number of anilines is 1. The summed E-state index contributed by atoms with van der Waals surface area (Å²) in [5, 5.41) is 17.5. The molecule has 0 saturated carbocycles. The largest absolute Gasteiger partial charge is 0.322 e. The Kier molecular flexibility index (Phi) is 3.73. The van der Waals surface area contributed by atoms with Gasteiger partial charge < -0.3 is 5.32 Å². The van der Waals surface area contributed by atoms with Gasteiger partial charge in [0.15, 0.2) is 0 Å². The molecule has 1 amide bonds. The predicted molar refractivity (Wildman–Crippen MR) is 77.7 cm³/mol. The first-order valence-electron chi connectivity index (χ1n) is 6.02. The van der Waals surface area contributed by atoms with Crippen molar-refractivity contribution in [2.75, 3.05) is 5.32 Å². The summed E-state index contributed by atoms with van der Waals surface area (Å²) in [4.78, 5) is 11.8. The van der Waals surface area contributed by atoms with Crippen LogP contribution in [0.5, 0.6) is 0 Å². The van der Waals surface area contributed by atoms with Gasteiger partial charge in [0.05, 0.1) is 23.8 Å². The molecule has 0 fully saturated rings. The standard InChI is InChI=1S/C12H10BrN7O/c13-10-3-1-2-4-11(10)20-6-9(5-15-20)16-12(21)7-19-8-14-17-18-19/h1-6,8H,7H2,(H,16,21). The van der Waals surface area contributed by atoms with Crippen molar-refractivity contribution in [2.24, 2.45) is 0 Å². The van der Waals surface area contributed by atoms with Crippen molar-refractivity contribution in [1.82, 2.24) is 30.0 Å². The molecule has 0 atom stereocenters. The van der Waals surface area contributed by atoms with Crippen LogP contribution >= 0.6 is 15.9 Å². The summed E-state index contributed by atoms with van der Waals surface area (Å²) in [5.74, 6) is -0.228. The number of aromatic nitrogens is 6. The Bertz CT molecular complexity index is 753. The van der Waals surface area contributed by atoms with E-state index in [1.54, 1.807) is 17.1 Å². The normalized spacial score (nSPS) is 10.5. The van der Waals surface area contributed by atoms with Crippen molar-refractivity contribution in [2.45, 2.75) is 6.54 Å². The number of benzene rings is 1. The summed E-state index contributed by atoms with van der Waals surface area (Å²) in [7, 11) is 0. The fraction of sp³-hybridized carbons (Fsp3) is 0.0833. The van der Waals surface area contributed by atoms with E-state index >= 15 is 0 Å². The number of hydrogen-bond donors (Lipinski definition) is 1. The zero-order valence-corrected chi connectivity index (χ0v) is 12.3. The molecule has 21 heavy (non-hydrogen) atoms. The second-order valence-corrected chi connectivity index (χ2v) is 5.03. The first-order chi connectivity index (χ1) is 10.2. The molecule has 0 radical (unpaired) electrons. The lowest BCUT2D eigenvalue weighted by Crippen LogP contribution is -2.18. The number of rotatable bonds is 4. The number of carbonyl (C=O) groups is 1. The van der Waals surface area contributed by atoms with Gasteiger partial charge in [-0.3, -0.25) is 4.79 Å². The molecule has 0 aliphatic rings. The van der Waals surface area contributed by atoms with Crippen LogP contribution in [-0.2, 0) is 11.3 Å². The number of para-hydroxylation sites is 1. The van der Waals surface area contributed by atoms with Gasteiger partial charge in [-0.05, 0) is 38.5 Å². The van der Waals surface area contributed by atoms with E-state index in [1.807, 2.05) is 24.3 Å². The Morgan fingerprint density at radius 2 is 2.19 bits per heavy atom. The lowest BCUT2D eigenvalue weighted by Gasteiger charge is -2.03. The summed E-state index contributed by atoms with van der Waals surface area (Å²) in [6.45, 7) is 0.0488. The van der Waals surface area contributed by atoms with Crippen molar-refractivity contribution in [1.29, 1.82) is 0 Å². The third-order valence-corrected chi connectivity index (χ3v) is 3.33. The predicted octanol–water partition coefficient (Wildman–Crippen LogP) is 1.26. The fourth-order valence-corrected chi connectivity index (χ4v) is 2.22. The molecular formula is C12H10BrN7O. The third-order valence-electron chi connectivity index (χ3n) is 2.66. The van der Waals surface area contributed by atoms with Crippen LogP contribution < -0.4 is 5.32 Å². The molecule has 0 bridgehead atoms. The molecule has 0 aliphatic heterocycles. The lowest BCUT2D eigenvalue weighted by atomic mass is 10.3. The molecule has 3 rings (SSSR count). The van der Waals surface area contributed by atoms with Crippen LogP contribution in [0.4, 0.5) is 5.69 Å². The highest BCUT2D eigenvalue weighted by Gasteiger charge is 2.08. The minimum atomic E-state index is -0.228. The van der Waals surface area contributed by atoms with E-state index in [0.717, 1.165) is 10.2 Å². The van der Waals surface area contributed by atoms with Crippen LogP contribution in [0.25, 0.3) is 5.69 Å². The molecule has 9 heteroatoms. The molecule has 2 heterocycles. The summed E-state index contributed by atoms with van der Waals surface area (Å²) < 4.78 is 3.93. The highest BCUT2D eigenvalue weighted by molar-refractivity contribution is 9.10.